The van der Waals surface area contributed by atoms with Crippen molar-refractivity contribution in [2.45, 2.75) is 11.4 Å². The van der Waals surface area contributed by atoms with Gasteiger partial charge in [0.05, 0.1) is 35.4 Å². The van der Waals surface area contributed by atoms with Gasteiger partial charge in [-0.2, -0.15) is 4.31 Å². The third-order valence-electron chi connectivity index (χ3n) is 4.16. The van der Waals surface area contributed by atoms with Crippen LogP contribution in [0.25, 0.3) is 0 Å². The molecule has 0 bridgehead atoms. The highest BCUT2D eigenvalue weighted by atomic mass is 35.5. The van der Waals surface area contributed by atoms with Crippen LogP contribution in [0.2, 0.25) is 10.0 Å². The van der Waals surface area contributed by atoms with Crippen LogP contribution in [0.5, 0.6) is 0 Å². The Balaban J connectivity index is 1.92. The molecule has 1 amide bonds. The fourth-order valence-electron chi connectivity index (χ4n) is 2.73. The first-order valence-electron chi connectivity index (χ1n) is 8.15. The highest BCUT2D eigenvalue weighted by Crippen LogP contribution is 2.32. The molecule has 0 aliphatic carbocycles. The van der Waals surface area contributed by atoms with Crippen LogP contribution in [-0.2, 0) is 21.3 Å². The fourth-order valence-corrected chi connectivity index (χ4v) is 5.72. The lowest BCUT2D eigenvalue weighted by Crippen LogP contribution is -2.40. The molecular weight excluding hydrogens is 431 g/mol. The smallest absolute Gasteiger partial charge is 0.255 e. The molecule has 1 aromatic heterocycles. The Kier molecular flexibility index (Phi) is 6.45. The molecular formula is C17H18Cl2N2O4S2. The van der Waals surface area contributed by atoms with Gasteiger partial charge in [-0.1, -0.05) is 29.3 Å². The molecule has 6 nitrogen and oxygen atoms in total. The van der Waals surface area contributed by atoms with Crippen molar-refractivity contribution in [3.05, 3.63) is 50.1 Å². The largest absolute Gasteiger partial charge is 0.379 e. The lowest BCUT2D eigenvalue weighted by molar-refractivity contribution is 0.0730. The van der Waals surface area contributed by atoms with Crippen molar-refractivity contribution in [2.75, 3.05) is 33.4 Å². The van der Waals surface area contributed by atoms with Crippen LogP contribution < -0.4 is 0 Å². The number of carbonyl (C=O) groups is 1. The van der Waals surface area contributed by atoms with E-state index in [1.807, 2.05) is 17.5 Å². The Morgan fingerprint density at radius 1 is 1.26 bits per heavy atom. The average Bonchev–Trinajstić information content (AvgIpc) is 3.14. The summed E-state index contributed by atoms with van der Waals surface area (Å²) in [4.78, 5) is 15.2. The van der Waals surface area contributed by atoms with Crippen LogP contribution in [0.1, 0.15) is 15.2 Å². The van der Waals surface area contributed by atoms with Crippen molar-refractivity contribution >= 4 is 50.5 Å². The third kappa shape index (κ3) is 4.47. The summed E-state index contributed by atoms with van der Waals surface area (Å²) in [5, 5.41) is 2.03. The molecule has 2 heterocycles. The van der Waals surface area contributed by atoms with E-state index in [4.69, 9.17) is 27.9 Å². The van der Waals surface area contributed by atoms with E-state index in [-0.39, 0.29) is 39.5 Å². The van der Waals surface area contributed by atoms with Crippen molar-refractivity contribution in [2.24, 2.45) is 0 Å². The lowest BCUT2D eigenvalue weighted by Gasteiger charge is -2.27. The molecule has 2 aromatic rings. The topological polar surface area (TPSA) is 66.9 Å². The standard InChI is InChI=1S/C17H18Cl2N2O4S2/c1-20(11-12-3-2-8-26-12)17(22)13-9-16(15(19)10-14(13)18)27(23,24)21-4-6-25-7-5-21/h2-3,8-10H,4-7,11H2,1H3. The van der Waals surface area contributed by atoms with Crippen molar-refractivity contribution < 1.29 is 17.9 Å². The molecule has 1 aliphatic rings. The average molecular weight is 449 g/mol. The Labute approximate surface area is 172 Å². The van der Waals surface area contributed by atoms with Crippen LogP contribution in [0.4, 0.5) is 0 Å². The molecule has 0 spiro atoms. The number of nitrogens with zero attached hydrogens (tertiary/aromatic N) is 2. The van der Waals surface area contributed by atoms with Gasteiger partial charge in [-0.3, -0.25) is 4.79 Å². The highest BCUT2D eigenvalue weighted by Gasteiger charge is 2.30. The lowest BCUT2D eigenvalue weighted by atomic mass is 10.2. The minimum atomic E-state index is -3.85. The Morgan fingerprint density at radius 2 is 1.96 bits per heavy atom. The van der Waals surface area contributed by atoms with E-state index >= 15 is 0 Å². The molecule has 1 aromatic carbocycles. The first kappa shape index (κ1) is 20.6. The molecule has 0 N–H and O–H groups in total. The molecule has 1 fully saturated rings. The molecule has 27 heavy (non-hydrogen) atoms. The predicted octanol–water partition coefficient (Wildman–Crippen LogP) is 3.35. The maximum absolute atomic E-state index is 12.9. The molecule has 0 unspecified atom stereocenters. The number of halogens is 2. The number of amides is 1. The Hall–Kier alpha value is -1.16. The van der Waals surface area contributed by atoms with Crippen molar-refractivity contribution in [3.8, 4) is 0 Å². The van der Waals surface area contributed by atoms with Crippen LogP contribution >= 0.6 is 34.5 Å². The molecule has 1 saturated heterocycles. The normalized spacial score (nSPS) is 15.7. The van der Waals surface area contributed by atoms with E-state index in [0.29, 0.717) is 19.8 Å². The molecule has 0 saturated carbocycles. The zero-order valence-corrected chi connectivity index (χ0v) is 17.7. The second-order valence-corrected chi connectivity index (χ2v) is 9.77. The predicted molar refractivity (Wildman–Crippen MR) is 106 cm³/mol. The minimum absolute atomic E-state index is 0.0102. The van der Waals surface area contributed by atoms with Gasteiger partial charge in [0.1, 0.15) is 4.90 Å². The summed E-state index contributed by atoms with van der Waals surface area (Å²) in [5.41, 5.74) is 0.104. The second-order valence-electron chi connectivity index (χ2n) is 6.02. The van der Waals surface area contributed by atoms with Gasteiger partial charge in [0, 0.05) is 25.0 Å². The summed E-state index contributed by atoms with van der Waals surface area (Å²) in [6, 6.07) is 6.40. The summed E-state index contributed by atoms with van der Waals surface area (Å²) >= 11 is 13.9. The molecule has 0 atom stereocenters. The number of thiophene rings is 1. The number of ether oxygens (including phenoxy) is 1. The van der Waals surface area contributed by atoms with Crippen LogP contribution in [0.3, 0.4) is 0 Å². The van der Waals surface area contributed by atoms with Crippen LogP contribution in [0.15, 0.2) is 34.5 Å². The van der Waals surface area contributed by atoms with Crippen molar-refractivity contribution in [1.82, 2.24) is 9.21 Å². The Bertz CT molecular complexity index is 927. The summed E-state index contributed by atoms with van der Waals surface area (Å²) in [6.45, 7) is 1.52. The van der Waals surface area contributed by atoms with Crippen molar-refractivity contribution in [1.29, 1.82) is 0 Å². The maximum atomic E-state index is 12.9. The van der Waals surface area contributed by atoms with E-state index < -0.39 is 10.0 Å². The molecule has 1 aliphatic heterocycles. The van der Waals surface area contributed by atoms with Gasteiger partial charge in [0.15, 0.2) is 0 Å². The Morgan fingerprint density at radius 3 is 2.59 bits per heavy atom. The number of carbonyl (C=O) groups excluding carboxylic acids is 1. The zero-order chi connectivity index (χ0) is 19.6. The summed E-state index contributed by atoms with van der Waals surface area (Å²) in [5.74, 6) is -0.372. The quantitative estimate of drug-likeness (QED) is 0.703. The van der Waals surface area contributed by atoms with Gasteiger partial charge in [-0.05, 0) is 23.6 Å². The van der Waals surface area contributed by atoms with E-state index in [1.54, 1.807) is 7.05 Å². The number of benzene rings is 1. The van der Waals surface area contributed by atoms with Gasteiger partial charge in [0.2, 0.25) is 10.0 Å². The summed E-state index contributed by atoms with van der Waals surface area (Å²) in [6.07, 6.45) is 0. The van der Waals surface area contributed by atoms with Gasteiger partial charge in [0.25, 0.3) is 5.91 Å². The molecule has 0 radical (unpaired) electrons. The van der Waals surface area contributed by atoms with E-state index in [1.165, 1.54) is 32.7 Å². The van der Waals surface area contributed by atoms with Crippen LogP contribution in [0, 0.1) is 0 Å². The number of sulfonamides is 1. The number of morpholine rings is 1. The first-order valence-corrected chi connectivity index (χ1v) is 11.2. The van der Waals surface area contributed by atoms with Gasteiger partial charge in [-0.25, -0.2) is 8.42 Å². The monoisotopic (exact) mass is 448 g/mol. The highest BCUT2D eigenvalue weighted by molar-refractivity contribution is 7.89. The SMILES string of the molecule is CN(Cc1cccs1)C(=O)c1cc(S(=O)(=O)N2CCOCC2)c(Cl)cc1Cl. The molecule has 10 heteroatoms. The fraction of sp³-hybridized carbons (Fsp3) is 0.353. The molecule has 3 rings (SSSR count). The first-order chi connectivity index (χ1) is 12.8. The number of hydrogen-bond donors (Lipinski definition) is 0. The number of hydrogen-bond acceptors (Lipinski definition) is 5. The van der Waals surface area contributed by atoms with Crippen molar-refractivity contribution in [3.63, 3.8) is 0 Å². The summed E-state index contributed by atoms with van der Waals surface area (Å²) in [7, 11) is -2.21. The van der Waals surface area contributed by atoms with Gasteiger partial charge in [-0.15, -0.1) is 11.3 Å². The second kappa shape index (κ2) is 8.46. The maximum Gasteiger partial charge on any atom is 0.255 e. The third-order valence-corrected chi connectivity index (χ3v) is 7.70. The minimum Gasteiger partial charge on any atom is -0.379 e. The van der Waals surface area contributed by atoms with Crippen LogP contribution in [-0.4, -0.2) is 56.9 Å². The number of rotatable bonds is 5. The van der Waals surface area contributed by atoms with E-state index in [9.17, 15) is 13.2 Å². The molecule has 146 valence electrons. The van der Waals surface area contributed by atoms with Gasteiger partial charge >= 0.3 is 0 Å². The zero-order valence-electron chi connectivity index (χ0n) is 14.5. The summed E-state index contributed by atoms with van der Waals surface area (Å²) < 4.78 is 32.4. The van der Waals surface area contributed by atoms with E-state index in [2.05, 4.69) is 0 Å². The van der Waals surface area contributed by atoms with E-state index in [0.717, 1.165) is 4.88 Å². The van der Waals surface area contributed by atoms with Gasteiger partial charge < -0.3 is 9.64 Å².